The zero-order chi connectivity index (χ0) is 20.7. The lowest BCUT2D eigenvalue weighted by molar-refractivity contribution is 0.593. The maximum absolute atomic E-state index is 14.3. The van der Waals surface area contributed by atoms with Crippen molar-refractivity contribution in [1.29, 1.82) is 0 Å². The second kappa shape index (κ2) is 7.53. The van der Waals surface area contributed by atoms with Crippen LogP contribution in [0.5, 0.6) is 0 Å². The van der Waals surface area contributed by atoms with Gasteiger partial charge in [-0.3, -0.25) is 13.9 Å². The number of rotatable bonds is 4. The molecule has 0 atom stereocenters. The van der Waals surface area contributed by atoms with Crippen LogP contribution < -0.4 is 11.2 Å². The lowest BCUT2D eigenvalue weighted by Crippen LogP contribution is -2.37. The summed E-state index contributed by atoms with van der Waals surface area (Å²) >= 11 is 7.27. The molecule has 4 rings (SSSR count). The summed E-state index contributed by atoms with van der Waals surface area (Å²) in [5.74, 6) is -0.376. The van der Waals surface area contributed by atoms with Gasteiger partial charge in [0.25, 0.3) is 5.56 Å². The van der Waals surface area contributed by atoms with Gasteiger partial charge in [-0.25, -0.2) is 14.2 Å². The molecule has 2 aromatic carbocycles. The first-order chi connectivity index (χ1) is 13.9. The first-order valence-electron chi connectivity index (χ1n) is 8.70. The van der Waals surface area contributed by atoms with E-state index in [9.17, 15) is 14.0 Å². The number of hydrogen-bond acceptors (Lipinski definition) is 4. The summed E-state index contributed by atoms with van der Waals surface area (Å²) in [5, 5.41) is 1.08. The van der Waals surface area contributed by atoms with Crippen molar-refractivity contribution in [2.45, 2.75) is 16.6 Å². The lowest BCUT2D eigenvalue weighted by Gasteiger charge is -2.10. The van der Waals surface area contributed by atoms with Crippen LogP contribution in [0.1, 0.15) is 5.56 Å². The van der Waals surface area contributed by atoms with Gasteiger partial charge in [-0.15, -0.1) is 0 Å². The lowest BCUT2D eigenvalue weighted by atomic mass is 10.2. The molecule has 0 amide bonds. The quantitative estimate of drug-likeness (QED) is 0.497. The van der Waals surface area contributed by atoms with E-state index in [0.717, 1.165) is 9.46 Å². The van der Waals surface area contributed by atoms with Crippen molar-refractivity contribution in [2.24, 2.45) is 14.1 Å². The van der Waals surface area contributed by atoms with Gasteiger partial charge in [-0.05, 0) is 30.3 Å². The minimum Gasteiger partial charge on any atom is -0.308 e. The molecular weight excluding hydrogens is 415 g/mol. The van der Waals surface area contributed by atoms with Gasteiger partial charge < -0.3 is 4.57 Å². The van der Waals surface area contributed by atoms with Gasteiger partial charge in [0.1, 0.15) is 5.82 Å². The number of imidazole rings is 1. The molecule has 0 saturated heterocycles. The Morgan fingerprint density at radius 3 is 2.41 bits per heavy atom. The van der Waals surface area contributed by atoms with E-state index in [1.54, 1.807) is 41.9 Å². The number of aryl methyl sites for hydroxylation is 1. The van der Waals surface area contributed by atoms with Crippen LogP contribution in [0, 0.1) is 5.82 Å². The highest BCUT2D eigenvalue weighted by atomic mass is 35.5. The molecule has 9 heteroatoms. The number of halogens is 2. The molecule has 6 nitrogen and oxygen atoms in total. The van der Waals surface area contributed by atoms with E-state index in [2.05, 4.69) is 4.98 Å². The first kappa shape index (κ1) is 19.5. The molecule has 0 N–H and O–H groups in total. The summed E-state index contributed by atoms with van der Waals surface area (Å²) in [5.41, 5.74) is -0.0307. The van der Waals surface area contributed by atoms with Gasteiger partial charge in [0, 0.05) is 29.6 Å². The largest absolute Gasteiger partial charge is 0.332 e. The molecule has 0 radical (unpaired) electrons. The summed E-state index contributed by atoms with van der Waals surface area (Å²) in [6.45, 7) is 0.104. The highest BCUT2D eigenvalue weighted by Gasteiger charge is 2.20. The predicted molar refractivity (Wildman–Crippen MR) is 111 cm³/mol. The standard InChI is InChI=1S/C20H16ClFN4O2S/c1-24-17-16(18(27)25(2)20(24)28)26(11-12-5-3-4-6-15(12)22)19(23-17)29-14-9-7-13(21)8-10-14/h3-10H,11H2,1-2H3. The molecule has 29 heavy (non-hydrogen) atoms. The van der Waals surface area contributed by atoms with Crippen molar-refractivity contribution in [3.63, 3.8) is 0 Å². The van der Waals surface area contributed by atoms with E-state index in [1.807, 2.05) is 12.1 Å². The minimum atomic E-state index is -0.477. The van der Waals surface area contributed by atoms with Crippen LogP contribution >= 0.6 is 23.4 Å². The van der Waals surface area contributed by atoms with Gasteiger partial charge in [0.05, 0.1) is 6.54 Å². The third-order valence-electron chi connectivity index (χ3n) is 4.62. The first-order valence-corrected chi connectivity index (χ1v) is 9.89. The number of benzene rings is 2. The van der Waals surface area contributed by atoms with Crippen molar-refractivity contribution in [1.82, 2.24) is 18.7 Å². The summed E-state index contributed by atoms with van der Waals surface area (Å²) in [6, 6.07) is 13.5. The van der Waals surface area contributed by atoms with Crippen molar-refractivity contribution in [3.05, 3.63) is 85.8 Å². The molecule has 4 aromatic rings. The Morgan fingerprint density at radius 1 is 1.03 bits per heavy atom. The second-order valence-electron chi connectivity index (χ2n) is 6.51. The van der Waals surface area contributed by atoms with Crippen LogP contribution in [0.25, 0.3) is 11.2 Å². The fraction of sp³-hybridized carbons (Fsp3) is 0.150. The molecule has 0 unspecified atom stereocenters. The van der Waals surface area contributed by atoms with Gasteiger partial charge in [0.2, 0.25) is 0 Å². The van der Waals surface area contributed by atoms with Gasteiger partial charge >= 0.3 is 5.69 Å². The van der Waals surface area contributed by atoms with Crippen LogP contribution in [-0.4, -0.2) is 18.7 Å². The molecular formula is C20H16ClFN4O2S. The van der Waals surface area contributed by atoms with Crippen molar-refractivity contribution >= 4 is 34.5 Å². The van der Waals surface area contributed by atoms with Crippen LogP contribution in [0.15, 0.2) is 68.2 Å². The highest BCUT2D eigenvalue weighted by molar-refractivity contribution is 7.99. The van der Waals surface area contributed by atoms with E-state index in [1.165, 1.54) is 29.4 Å². The summed E-state index contributed by atoms with van der Waals surface area (Å²) in [6.07, 6.45) is 0. The number of aromatic nitrogens is 4. The van der Waals surface area contributed by atoms with Crippen molar-refractivity contribution in [3.8, 4) is 0 Å². The second-order valence-corrected chi connectivity index (χ2v) is 7.98. The Labute approximate surface area is 174 Å². The van der Waals surface area contributed by atoms with Gasteiger partial charge in [-0.2, -0.15) is 0 Å². The minimum absolute atomic E-state index is 0.104. The fourth-order valence-corrected chi connectivity index (χ4v) is 4.06. The molecule has 2 heterocycles. The molecule has 0 bridgehead atoms. The van der Waals surface area contributed by atoms with Crippen LogP contribution in [0.2, 0.25) is 5.02 Å². The van der Waals surface area contributed by atoms with E-state index in [4.69, 9.17) is 11.6 Å². The van der Waals surface area contributed by atoms with Gasteiger partial charge in [0.15, 0.2) is 16.3 Å². The normalized spacial score (nSPS) is 11.3. The van der Waals surface area contributed by atoms with Crippen LogP contribution in [0.4, 0.5) is 4.39 Å². The summed E-state index contributed by atoms with van der Waals surface area (Å²) in [7, 11) is 2.97. The maximum atomic E-state index is 14.3. The number of hydrogen-bond donors (Lipinski definition) is 0. The zero-order valence-corrected chi connectivity index (χ0v) is 17.2. The Hall–Kier alpha value is -2.84. The Bertz CT molecular complexity index is 1340. The predicted octanol–water partition coefficient (Wildman–Crippen LogP) is 3.43. The summed E-state index contributed by atoms with van der Waals surface area (Å²) < 4.78 is 18.3. The van der Waals surface area contributed by atoms with E-state index in [0.29, 0.717) is 15.7 Å². The van der Waals surface area contributed by atoms with E-state index >= 15 is 0 Å². The Morgan fingerprint density at radius 2 is 1.72 bits per heavy atom. The Balaban J connectivity index is 1.96. The molecule has 0 aliphatic carbocycles. The van der Waals surface area contributed by atoms with Crippen LogP contribution in [0.3, 0.4) is 0 Å². The maximum Gasteiger partial charge on any atom is 0.332 e. The molecule has 0 fully saturated rings. The average Bonchev–Trinajstić information content (AvgIpc) is 3.06. The monoisotopic (exact) mass is 430 g/mol. The summed E-state index contributed by atoms with van der Waals surface area (Å²) in [4.78, 5) is 30.6. The van der Waals surface area contributed by atoms with Crippen molar-refractivity contribution < 1.29 is 4.39 Å². The topological polar surface area (TPSA) is 61.8 Å². The fourth-order valence-electron chi connectivity index (χ4n) is 3.06. The SMILES string of the molecule is Cn1c(=O)c2c(nc(Sc3ccc(Cl)cc3)n2Cc2ccccc2F)n(C)c1=O. The molecule has 148 valence electrons. The van der Waals surface area contributed by atoms with E-state index < -0.39 is 11.2 Å². The zero-order valence-electron chi connectivity index (χ0n) is 15.6. The average molecular weight is 431 g/mol. The van der Waals surface area contributed by atoms with Gasteiger partial charge in [-0.1, -0.05) is 41.6 Å². The van der Waals surface area contributed by atoms with E-state index in [-0.39, 0.29) is 23.5 Å². The Kier molecular flexibility index (Phi) is 5.06. The van der Waals surface area contributed by atoms with Crippen molar-refractivity contribution in [2.75, 3.05) is 0 Å². The number of fused-ring (bicyclic) bond motifs is 1. The third-order valence-corrected chi connectivity index (χ3v) is 5.88. The molecule has 0 spiro atoms. The third kappa shape index (κ3) is 3.49. The molecule has 0 aliphatic rings. The molecule has 2 aromatic heterocycles. The number of nitrogens with zero attached hydrogens (tertiary/aromatic N) is 4. The highest BCUT2D eigenvalue weighted by Crippen LogP contribution is 2.30. The smallest absolute Gasteiger partial charge is 0.308 e. The molecule has 0 aliphatic heterocycles. The molecule has 0 saturated carbocycles. The van der Waals surface area contributed by atoms with Crippen LogP contribution in [-0.2, 0) is 20.6 Å².